The minimum absolute atomic E-state index is 0.124. The number of nitrogens with one attached hydrogen (secondary N) is 2. The summed E-state index contributed by atoms with van der Waals surface area (Å²) in [6.07, 6.45) is 8.46. The van der Waals surface area contributed by atoms with E-state index in [0.717, 1.165) is 36.9 Å². The fraction of sp³-hybridized carbons (Fsp3) is 0.704. The van der Waals surface area contributed by atoms with Crippen LogP contribution in [-0.4, -0.2) is 48.7 Å². The second-order valence-electron chi connectivity index (χ2n) is 11.1. The van der Waals surface area contributed by atoms with E-state index in [2.05, 4.69) is 29.4 Å². The summed E-state index contributed by atoms with van der Waals surface area (Å²) in [6.45, 7) is 7.51. The molecular formula is C27H40FN3O3. The molecule has 1 aromatic carbocycles. The van der Waals surface area contributed by atoms with Crippen molar-refractivity contribution in [2.45, 2.75) is 102 Å². The van der Waals surface area contributed by atoms with Crippen LogP contribution in [0.2, 0.25) is 0 Å². The van der Waals surface area contributed by atoms with E-state index >= 15 is 0 Å². The van der Waals surface area contributed by atoms with Gasteiger partial charge in [-0.1, -0.05) is 32.1 Å². The Morgan fingerprint density at radius 3 is 2.62 bits per heavy atom. The summed E-state index contributed by atoms with van der Waals surface area (Å²) >= 11 is 0. The van der Waals surface area contributed by atoms with Gasteiger partial charge >= 0.3 is 0 Å². The molecule has 2 heterocycles. The van der Waals surface area contributed by atoms with Crippen LogP contribution >= 0.6 is 0 Å². The molecule has 4 rings (SSSR count). The normalized spacial score (nSPS) is 23.9. The van der Waals surface area contributed by atoms with E-state index in [-0.39, 0.29) is 29.2 Å². The highest BCUT2D eigenvalue weighted by atomic mass is 19.1. The summed E-state index contributed by atoms with van der Waals surface area (Å²) < 4.78 is 19.3. The number of hydrogen-bond acceptors (Lipinski definition) is 4. The second kappa shape index (κ2) is 10.6. The zero-order valence-corrected chi connectivity index (χ0v) is 20.9. The zero-order valence-electron chi connectivity index (χ0n) is 20.9. The Kier molecular flexibility index (Phi) is 7.80. The fourth-order valence-electron chi connectivity index (χ4n) is 5.89. The monoisotopic (exact) mass is 473 g/mol. The Labute approximate surface area is 203 Å². The largest absolute Gasteiger partial charge is 0.368 e. The molecule has 6 nitrogen and oxygen atoms in total. The lowest BCUT2D eigenvalue weighted by molar-refractivity contribution is -0.135. The van der Waals surface area contributed by atoms with Gasteiger partial charge in [-0.25, -0.2) is 4.39 Å². The van der Waals surface area contributed by atoms with Gasteiger partial charge in [0.05, 0.1) is 0 Å². The van der Waals surface area contributed by atoms with Gasteiger partial charge in [0.2, 0.25) is 11.8 Å². The van der Waals surface area contributed by atoms with Crippen molar-refractivity contribution in [3.8, 4) is 0 Å². The molecule has 2 N–H and O–H groups in total. The van der Waals surface area contributed by atoms with Gasteiger partial charge in [0.1, 0.15) is 18.0 Å². The molecule has 1 saturated heterocycles. The average Bonchev–Trinajstić information content (AvgIpc) is 3.40. The molecule has 3 aliphatic rings. The summed E-state index contributed by atoms with van der Waals surface area (Å²) in [5.41, 5.74) is 1.87. The van der Waals surface area contributed by atoms with E-state index in [4.69, 9.17) is 4.74 Å². The first kappa shape index (κ1) is 25.0. The number of nitrogens with zero attached hydrogens (tertiary/aromatic N) is 1. The van der Waals surface area contributed by atoms with Gasteiger partial charge in [0, 0.05) is 30.4 Å². The summed E-state index contributed by atoms with van der Waals surface area (Å²) in [6, 6.07) is 4.27. The number of rotatable bonds is 8. The van der Waals surface area contributed by atoms with Crippen LogP contribution in [0.25, 0.3) is 0 Å². The summed E-state index contributed by atoms with van der Waals surface area (Å²) in [7, 11) is 0. The Balaban J connectivity index is 1.40. The SMILES string of the molecule is C[C@@H](CN1c2ccc(F)cc2CC1(C)C)NC(=O)[C@H](CC1CCCCC1)NC(=O)[C@H]1CCCO1. The van der Waals surface area contributed by atoms with Crippen LogP contribution in [0.4, 0.5) is 10.1 Å². The van der Waals surface area contributed by atoms with Gasteiger partial charge in [-0.05, 0) is 76.1 Å². The van der Waals surface area contributed by atoms with Crippen LogP contribution in [0.1, 0.15) is 77.7 Å². The van der Waals surface area contributed by atoms with Crippen LogP contribution in [-0.2, 0) is 20.7 Å². The first-order chi connectivity index (χ1) is 16.2. The molecule has 3 atom stereocenters. The second-order valence-corrected chi connectivity index (χ2v) is 11.1. The predicted octanol–water partition coefficient (Wildman–Crippen LogP) is 4.11. The number of fused-ring (bicyclic) bond motifs is 1. The Bertz CT molecular complexity index is 878. The van der Waals surface area contributed by atoms with Gasteiger partial charge in [-0.2, -0.15) is 0 Å². The van der Waals surface area contributed by atoms with Crippen molar-refractivity contribution in [2.24, 2.45) is 5.92 Å². The lowest BCUT2D eigenvalue weighted by Gasteiger charge is -2.37. The number of carbonyl (C=O) groups excluding carboxylic acids is 2. The lowest BCUT2D eigenvalue weighted by Crippen LogP contribution is -2.55. The van der Waals surface area contributed by atoms with Gasteiger partial charge < -0.3 is 20.3 Å². The standard InChI is InChI=1S/C27H40FN3O3/c1-18(17-31-23-12-11-21(28)15-20(23)16-27(31,2)3)29-25(32)22(14-19-8-5-4-6-9-19)30-26(33)24-10-7-13-34-24/h11-12,15,18-19,22,24H,4-10,13-14,16-17H2,1-3H3,(H,29,32)(H,30,33)/t18-,22-,24+/m0/s1. The van der Waals surface area contributed by atoms with Crippen molar-refractivity contribution in [2.75, 3.05) is 18.1 Å². The third kappa shape index (κ3) is 5.91. The zero-order chi connectivity index (χ0) is 24.3. The van der Waals surface area contributed by atoms with Crippen molar-refractivity contribution in [1.29, 1.82) is 0 Å². The molecule has 1 aliphatic carbocycles. The van der Waals surface area contributed by atoms with Crippen molar-refractivity contribution >= 4 is 17.5 Å². The van der Waals surface area contributed by atoms with Crippen LogP contribution in [0.5, 0.6) is 0 Å². The Morgan fingerprint density at radius 2 is 1.91 bits per heavy atom. The van der Waals surface area contributed by atoms with E-state index in [1.54, 1.807) is 6.07 Å². The maximum absolute atomic E-state index is 13.8. The minimum Gasteiger partial charge on any atom is -0.368 e. The number of amides is 2. The Hall–Kier alpha value is -2.15. The first-order valence-corrected chi connectivity index (χ1v) is 13.0. The molecule has 1 saturated carbocycles. The van der Waals surface area contributed by atoms with Crippen molar-refractivity contribution in [3.63, 3.8) is 0 Å². The molecule has 0 unspecified atom stereocenters. The van der Waals surface area contributed by atoms with Crippen LogP contribution in [0.15, 0.2) is 18.2 Å². The van der Waals surface area contributed by atoms with E-state index < -0.39 is 12.1 Å². The van der Waals surface area contributed by atoms with Crippen LogP contribution in [0, 0.1) is 11.7 Å². The number of ether oxygens (including phenoxy) is 1. The first-order valence-electron chi connectivity index (χ1n) is 13.0. The highest BCUT2D eigenvalue weighted by Gasteiger charge is 2.37. The van der Waals surface area contributed by atoms with E-state index in [9.17, 15) is 14.0 Å². The van der Waals surface area contributed by atoms with E-state index in [1.807, 2.05) is 13.0 Å². The molecule has 0 radical (unpaired) electrons. The molecule has 0 bridgehead atoms. The number of anilines is 1. The molecule has 188 valence electrons. The highest BCUT2D eigenvalue weighted by molar-refractivity contribution is 5.89. The molecule has 1 aromatic rings. The summed E-state index contributed by atoms with van der Waals surface area (Å²) in [4.78, 5) is 28.4. The third-order valence-electron chi connectivity index (χ3n) is 7.68. The van der Waals surface area contributed by atoms with Gasteiger partial charge in [-0.15, -0.1) is 0 Å². The minimum atomic E-state index is -0.546. The number of halogens is 1. The molecule has 2 fully saturated rings. The van der Waals surface area contributed by atoms with Crippen LogP contribution < -0.4 is 15.5 Å². The van der Waals surface area contributed by atoms with Gasteiger partial charge in [0.25, 0.3) is 0 Å². The quantitative estimate of drug-likeness (QED) is 0.596. The summed E-state index contributed by atoms with van der Waals surface area (Å²) in [5.74, 6) is -0.0484. The number of hydrogen-bond donors (Lipinski definition) is 2. The fourth-order valence-corrected chi connectivity index (χ4v) is 5.89. The molecule has 2 aliphatic heterocycles. The van der Waals surface area contributed by atoms with E-state index in [0.29, 0.717) is 31.9 Å². The molecular weight excluding hydrogens is 433 g/mol. The lowest BCUT2D eigenvalue weighted by atomic mass is 9.84. The van der Waals surface area contributed by atoms with Crippen molar-refractivity contribution < 1.29 is 18.7 Å². The van der Waals surface area contributed by atoms with E-state index in [1.165, 1.54) is 25.3 Å². The topological polar surface area (TPSA) is 70.7 Å². The Morgan fingerprint density at radius 1 is 1.15 bits per heavy atom. The smallest absolute Gasteiger partial charge is 0.249 e. The van der Waals surface area contributed by atoms with Crippen molar-refractivity contribution in [3.05, 3.63) is 29.6 Å². The predicted molar refractivity (Wildman–Crippen MR) is 131 cm³/mol. The number of benzene rings is 1. The van der Waals surface area contributed by atoms with Gasteiger partial charge in [0.15, 0.2) is 0 Å². The third-order valence-corrected chi connectivity index (χ3v) is 7.68. The average molecular weight is 474 g/mol. The molecule has 2 amide bonds. The highest BCUT2D eigenvalue weighted by Crippen LogP contribution is 2.39. The summed E-state index contributed by atoms with van der Waals surface area (Å²) in [5, 5.41) is 6.17. The molecule has 0 aromatic heterocycles. The number of carbonyl (C=O) groups is 2. The van der Waals surface area contributed by atoms with Crippen molar-refractivity contribution in [1.82, 2.24) is 10.6 Å². The molecule has 34 heavy (non-hydrogen) atoms. The molecule has 7 heteroatoms. The maximum Gasteiger partial charge on any atom is 0.249 e. The van der Waals surface area contributed by atoms with Gasteiger partial charge in [-0.3, -0.25) is 9.59 Å². The van der Waals surface area contributed by atoms with Crippen LogP contribution in [0.3, 0.4) is 0 Å². The maximum atomic E-state index is 13.8. The molecule has 0 spiro atoms.